The van der Waals surface area contributed by atoms with Crippen molar-refractivity contribution in [3.05, 3.63) is 90.3 Å². The van der Waals surface area contributed by atoms with E-state index in [1.807, 2.05) is 30.5 Å². The third kappa shape index (κ3) is 4.10. The predicted molar refractivity (Wildman–Crippen MR) is 115 cm³/mol. The van der Waals surface area contributed by atoms with Gasteiger partial charge in [-0.3, -0.25) is 9.78 Å². The van der Waals surface area contributed by atoms with Gasteiger partial charge in [-0.15, -0.1) is 0 Å². The fourth-order valence-electron chi connectivity index (χ4n) is 3.39. The van der Waals surface area contributed by atoms with Gasteiger partial charge in [-0.25, -0.2) is 4.98 Å². The van der Waals surface area contributed by atoms with Gasteiger partial charge in [0.1, 0.15) is 5.82 Å². The smallest absolute Gasteiger partial charge is 0.230 e. The van der Waals surface area contributed by atoms with E-state index < -0.39 is 0 Å². The van der Waals surface area contributed by atoms with Gasteiger partial charge in [0, 0.05) is 35.9 Å². The number of nitrogens with zero attached hydrogens (tertiary/aromatic N) is 4. The quantitative estimate of drug-likeness (QED) is 0.682. The Balaban J connectivity index is 1.39. The van der Waals surface area contributed by atoms with Gasteiger partial charge in [0.05, 0.1) is 24.4 Å². The van der Waals surface area contributed by atoms with E-state index in [1.54, 1.807) is 37.1 Å². The van der Waals surface area contributed by atoms with Crippen LogP contribution < -0.4 is 10.6 Å². The van der Waals surface area contributed by atoms with Crippen LogP contribution in [-0.2, 0) is 10.3 Å². The van der Waals surface area contributed by atoms with Crippen molar-refractivity contribution in [2.45, 2.75) is 25.8 Å². The van der Waals surface area contributed by atoms with Gasteiger partial charge < -0.3 is 10.6 Å². The second-order valence-corrected chi connectivity index (χ2v) is 7.34. The highest BCUT2D eigenvalue weighted by Crippen LogP contribution is 2.32. The van der Waals surface area contributed by atoms with Crippen molar-refractivity contribution in [1.29, 1.82) is 0 Å². The first-order valence-electron chi connectivity index (χ1n) is 9.63. The second kappa shape index (κ2) is 8.24. The van der Waals surface area contributed by atoms with Crippen LogP contribution in [0, 0.1) is 0 Å². The predicted octanol–water partition coefficient (Wildman–Crippen LogP) is 3.61. The number of rotatable bonds is 5. The number of carbonyl (C=O) groups excluding carboxylic acids is 1. The van der Waals surface area contributed by atoms with Crippen LogP contribution >= 0.6 is 0 Å². The monoisotopic (exact) mass is 398 g/mol. The lowest BCUT2D eigenvalue weighted by atomic mass is 9.82. The fourth-order valence-corrected chi connectivity index (χ4v) is 3.39. The zero-order valence-electron chi connectivity index (χ0n) is 16.8. The molecular weight excluding hydrogens is 376 g/mol. The Hall–Kier alpha value is -3.87. The van der Waals surface area contributed by atoms with E-state index in [2.05, 4.69) is 50.7 Å². The highest BCUT2D eigenvalue weighted by molar-refractivity contribution is 5.92. The van der Waals surface area contributed by atoms with Crippen molar-refractivity contribution in [2.75, 3.05) is 5.32 Å². The van der Waals surface area contributed by atoms with E-state index in [9.17, 15) is 4.79 Å². The van der Waals surface area contributed by atoms with Gasteiger partial charge in [0.2, 0.25) is 5.91 Å². The highest BCUT2D eigenvalue weighted by Gasteiger charge is 2.30. The van der Waals surface area contributed by atoms with Gasteiger partial charge >= 0.3 is 0 Å². The van der Waals surface area contributed by atoms with Crippen LogP contribution in [0.1, 0.15) is 25.8 Å². The van der Waals surface area contributed by atoms with E-state index in [0.717, 1.165) is 27.8 Å². The van der Waals surface area contributed by atoms with Crippen molar-refractivity contribution >= 4 is 11.7 Å². The largest absolute Gasteiger partial charge is 0.378 e. The number of allylic oxidation sites excluding steroid dienone is 1. The molecule has 1 unspecified atom stereocenters. The molecule has 0 bridgehead atoms. The summed E-state index contributed by atoms with van der Waals surface area (Å²) < 4.78 is 0. The van der Waals surface area contributed by atoms with Crippen LogP contribution in [0.5, 0.6) is 0 Å². The average molecular weight is 398 g/mol. The standard InChI is InChI=1S/C23H22N6O/c1-16-11-17(13-26-23(16,2)20-6-8-24-9-7-20)12-22(30)29-21-4-3-18(14-25-21)19-5-10-27-28-15-19/h3-11,13-15,26H,12H2,1-2H3,(H,25,29,30). The van der Waals surface area contributed by atoms with Crippen molar-refractivity contribution in [1.82, 2.24) is 25.5 Å². The van der Waals surface area contributed by atoms with Crippen LogP contribution in [0.4, 0.5) is 5.82 Å². The summed E-state index contributed by atoms with van der Waals surface area (Å²) >= 11 is 0. The number of carbonyl (C=O) groups is 1. The van der Waals surface area contributed by atoms with Gasteiger partial charge in [0.25, 0.3) is 0 Å². The molecule has 1 aliphatic rings. The molecular formula is C23H22N6O. The van der Waals surface area contributed by atoms with Crippen LogP contribution in [0.25, 0.3) is 11.1 Å². The summed E-state index contributed by atoms with van der Waals surface area (Å²) in [5, 5.41) is 13.9. The maximum atomic E-state index is 12.5. The second-order valence-electron chi connectivity index (χ2n) is 7.34. The minimum atomic E-state index is -0.317. The number of dihydropyridines is 1. The third-order valence-electron chi connectivity index (χ3n) is 5.31. The molecule has 0 spiro atoms. The molecule has 150 valence electrons. The zero-order chi connectivity index (χ0) is 21.0. The number of hydrogen-bond donors (Lipinski definition) is 2. The van der Waals surface area contributed by atoms with Crippen LogP contribution in [0.2, 0.25) is 0 Å². The Morgan fingerprint density at radius 3 is 2.50 bits per heavy atom. The van der Waals surface area contributed by atoms with Crippen molar-refractivity contribution in [3.8, 4) is 11.1 Å². The van der Waals surface area contributed by atoms with E-state index in [1.165, 1.54) is 0 Å². The molecule has 7 nitrogen and oxygen atoms in total. The summed E-state index contributed by atoms with van der Waals surface area (Å²) in [7, 11) is 0. The molecule has 4 heterocycles. The molecule has 1 aliphatic heterocycles. The Morgan fingerprint density at radius 1 is 1.03 bits per heavy atom. The maximum Gasteiger partial charge on any atom is 0.230 e. The molecule has 7 heteroatoms. The molecule has 0 saturated heterocycles. The molecule has 0 aromatic carbocycles. The summed E-state index contributed by atoms with van der Waals surface area (Å²) in [6.45, 7) is 4.18. The molecule has 1 amide bonds. The molecule has 0 radical (unpaired) electrons. The number of amides is 1. The molecule has 0 aliphatic carbocycles. The Morgan fingerprint density at radius 2 is 1.83 bits per heavy atom. The SMILES string of the molecule is CC1=CC(CC(=O)Nc2ccc(-c3ccnnc3)cn2)=CNC1(C)c1ccncc1. The summed E-state index contributed by atoms with van der Waals surface area (Å²) in [6.07, 6.45) is 12.8. The number of anilines is 1. The first kappa shape index (κ1) is 19.4. The van der Waals surface area contributed by atoms with Crippen molar-refractivity contribution in [2.24, 2.45) is 0 Å². The van der Waals surface area contributed by atoms with E-state index in [-0.39, 0.29) is 17.9 Å². The fraction of sp³-hybridized carbons (Fsp3) is 0.174. The van der Waals surface area contributed by atoms with Gasteiger partial charge in [-0.05, 0) is 60.9 Å². The van der Waals surface area contributed by atoms with Crippen molar-refractivity contribution < 1.29 is 4.79 Å². The van der Waals surface area contributed by atoms with E-state index in [0.29, 0.717) is 5.82 Å². The van der Waals surface area contributed by atoms with Gasteiger partial charge in [-0.1, -0.05) is 6.08 Å². The molecule has 1 atom stereocenters. The summed E-state index contributed by atoms with van der Waals surface area (Å²) in [6, 6.07) is 9.52. The highest BCUT2D eigenvalue weighted by atomic mass is 16.1. The molecule has 4 rings (SSSR count). The Bertz CT molecular complexity index is 1090. The van der Waals surface area contributed by atoms with Crippen LogP contribution in [-0.4, -0.2) is 26.1 Å². The lowest BCUT2D eigenvalue weighted by Crippen LogP contribution is -2.39. The van der Waals surface area contributed by atoms with Gasteiger partial charge in [-0.2, -0.15) is 10.2 Å². The van der Waals surface area contributed by atoms with Gasteiger partial charge in [0.15, 0.2) is 0 Å². The minimum absolute atomic E-state index is 0.120. The normalized spacial score (nSPS) is 18.1. The summed E-state index contributed by atoms with van der Waals surface area (Å²) in [4.78, 5) is 20.9. The van der Waals surface area contributed by atoms with Crippen LogP contribution in [0.15, 0.2) is 84.7 Å². The first-order valence-corrected chi connectivity index (χ1v) is 9.63. The molecule has 30 heavy (non-hydrogen) atoms. The maximum absolute atomic E-state index is 12.5. The molecule has 3 aromatic rings. The number of pyridine rings is 2. The first-order chi connectivity index (χ1) is 14.5. The molecule has 3 aromatic heterocycles. The molecule has 0 saturated carbocycles. The third-order valence-corrected chi connectivity index (χ3v) is 5.31. The van der Waals surface area contributed by atoms with Crippen LogP contribution in [0.3, 0.4) is 0 Å². The van der Waals surface area contributed by atoms with E-state index >= 15 is 0 Å². The van der Waals surface area contributed by atoms with Crippen molar-refractivity contribution in [3.63, 3.8) is 0 Å². The lowest BCUT2D eigenvalue weighted by Gasteiger charge is -2.35. The Kier molecular flexibility index (Phi) is 5.34. The van der Waals surface area contributed by atoms with E-state index in [4.69, 9.17) is 0 Å². The summed E-state index contributed by atoms with van der Waals surface area (Å²) in [5.74, 6) is 0.392. The molecule has 0 fully saturated rings. The number of nitrogens with one attached hydrogen (secondary N) is 2. The topological polar surface area (TPSA) is 92.7 Å². The number of aromatic nitrogens is 4. The zero-order valence-corrected chi connectivity index (χ0v) is 16.8. The average Bonchev–Trinajstić information content (AvgIpc) is 2.78. The Labute approximate surface area is 175 Å². The molecule has 2 N–H and O–H groups in total. The summed E-state index contributed by atoms with van der Waals surface area (Å²) in [5.41, 5.74) is 4.69. The lowest BCUT2D eigenvalue weighted by molar-refractivity contribution is -0.115. The minimum Gasteiger partial charge on any atom is -0.378 e. The number of hydrogen-bond acceptors (Lipinski definition) is 6.